The fourth-order valence-electron chi connectivity index (χ4n) is 2.46. The molecule has 1 aromatic rings. The number of benzene rings is 1. The van der Waals surface area contributed by atoms with Crippen molar-refractivity contribution in [3.8, 4) is 0 Å². The Hall–Kier alpha value is -1.72. The van der Waals surface area contributed by atoms with Crippen molar-refractivity contribution in [3.63, 3.8) is 0 Å². The van der Waals surface area contributed by atoms with Crippen LogP contribution >= 0.6 is 0 Å². The van der Waals surface area contributed by atoms with Crippen LogP contribution in [0, 0.1) is 5.92 Å². The van der Waals surface area contributed by atoms with Gasteiger partial charge >= 0.3 is 6.18 Å². The van der Waals surface area contributed by atoms with Crippen LogP contribution in [0.3, 0.4) is 0 Å². The Balaban J connectivity index is 2.37. The van der Waals surface area contributed by atoms with Gasteiger partial charge in [0.25, 0.3) is 0 Å². The minimum atomic E-state index is -4.36. The van der Waals surface area contributed by atoms with Crippen LogP contribution in [0.5, 0.6) is 0 Å². The molecule has 3 nitrogen and oxygen atoms in total. The molecule has 0 fully saturated rings. The topological polar surface area (TPSA) is 41.6 Å². The zero-order chi connectivity index (χ0) is 14.9. The lowest BCUT2D eigenvalue weighted by Gasteiger charge is -2.29. The second-order valence-electron chi connectivity index (χ2n) is 5.35. The van der Waals surface area contributed by atoms with E-state index in [2.05, 4.69) is 4.99 Å². The van der Waals surface area contributed by atoms with Gasteiger partial charge in [0.2, 0.25) is 0 Å². The summed E-state index contributed by atoms with van der Waals surface area (Å²) in [5.41, 5.74) is 5.44. The molecule has 20 heavy (non-hydrogen) atoms. The van der Waals surface area contributed by atoms with Gasteiger partial charge in [-0.15, -0.1) is 0 Å². The number of halogens is 3. The third-order valence-electron chi connectivity index (χ3n) is 3.28. The normalized spacial score (nSPS) is 19.6. The molecular weight excluding hydrogens is 267 g/mol. The van der Waals surface area contributed by atoms with Gasteiger partial charge < -0.3 is 10.6 Å². The van der Waals surface area contributed by atoms with E-state index in [1.807, 2.05) is 13.8 Å². The van der Waals surface area contributed by atoms with E-state index in [4.69, 9.17) is 5.73 Å². The van der Waals surface area contributed by atoms with Crippen molar-refractivity contribution in [1.29, 1.82) is 0 Å². The smallest absolute Gasteiger partial charge is 0.370 e. The van der Waals surface area contributed by atoms with Crippen molar-refractivity contribution >= 4 is 5.96 Å². The Bertz CT molecular complexity index is 509. The monoisotopic (exact) mass is 285 g/mol. The van der Waals surface area contributed by atoms with Crippen LogP contribution in [0.2, 0.25) is 0 Å². The zero-order valence-electron chi connectivity index (χ0n) is 11.5. The number of hydrogen-bond acceptors (Lipinski definition) is 3. The molecule has 1 aromatic carbocycles. The molecule has 110 valence electrons. The first-order valence-electron chi connectivity index (χ1n) is 6.53. The second-order valence-corrected chi connectivity index (χ2v) is 5.35. The Morgan fingerprint density at radius 2 is 2.00 bits per heavy atom. The quantitative estimate of drug-likeness (QED) is 0.927. The third kappa shape index (κ3) is 2.89. The van der Waals surface area contributed by atoms with Gasteiger partial charge in [0.1, 0.15) is 0 Å². The lowest BCUT2D eigenvalue weighted by Crippen LogP contribution is -2.39. The van der Waals surface area contributed by atoms with Crippen molar-refractivity contribution in [2.75, 3.05) is 13.1 Å². The highest BCUT2D eigenvalue weighted by molar-refractivity contribution is 5.80. The van der Waals surface area contributed by atoms with Gasteiger partial charge in [0.05, 0.1) is 18.2 Å². The predicted molar refractivity (Wildman–Crippen MR) is 72.2 cm³/mol. The highest BCUT2D eigenvalue weighted by Gasteiger charge is 2.38. The van der Waals surface area contributed by atoms with E-state index >= 15 is 0 Å². The summed E-state index contributed by atoms with van der Waals surface area (Å²) in [6.45, 7) is 4.86. The van der Waals surface area contributed by atoms with E-state index in [0.29, 0.717) is 18.4 Å². The average Bonchev–Trinajstić information content (AvgIpc) is 2.69. The largest absolute Gasteiger partial charge is 0.416 e. The summed E-state index contributed by atoms with van der Waals surface area (Å²) in [5.74, 6) is 0.614. The molecule has 1 unspecified atom stereocenters. The van der Waals surface area contributed by atoms with Crippen LogP contribution < -0.4 is 5.73 Å². The van der Waals surface area contributed by atoms with Gasteiger partial charge in [-0.05, 0) is 17.5 Å². The van der Waals surface area contributed by atoms with Crippen LogP contribution in [-0.2, 0) is 6.18 Å². The highest BCUT2D eigenvalue weighted by Crippen LogP contribution is 2.37. The van der Waals surface area contributed by atoms with E-state index < -0.39 is 17.8 Å². The summed E-state index contributed by atoms with van der Waals surface area (Å²) in [4.78, 5) is 5.86. The van der Waals surface area contributed by atoms with Crippen molar-refractivity contribution in [3.05, 3.63) is 35.4 Å². The fourth-order valence-corrected chi connectivity index (χ4v) is 2.46. The first-order chi connectivity index (χ1) is 9.30. The van der Waals surface area contributed by atoms with Crippen molar-refractivity contribution < 1.29 is 13.2 Å². The first-order valence-corrected chi connectivity index (χ1v) is 6.53. The number of nitrogens with two attached hydrogens (primary N) is 1. The standard InChI is InChI=1S/C14H18F3N3/c1-9(2)8-20-12(7-19-13(20)18)10-5-3-4-6-11(10)14(15,16)17/h3-6,9,12H,7-8H2,1-2H3,(H2,18,19). The number of aliphatic imine (C=N–C) groups is 1. The van der Waals surface area contributed by atoms with Gasteiger partial charge in [-0.2, -0.15) is 13.2 Å². The SMILES string of the molecule is CC(C)CN1C(N)=NCC1c1ccccc1C(F)(F)F. The van der Waals surface area contributed by atoms with E-state index in [0.717, 1.165) is 6.07 Å². The van der Waals surface area contributed by atoms with Gasteiger partial charge in [0.15, 0.2) is 5.96 Å². The number of rotatable bonds is 3. The maximum Gasteiger partial charge on any atom is 0.416 e. The molecule has 0 bridgehead atoms. The Morgan fingerprint density at radius 1 is 1.35 bits per heavy atom. The number of nitrogens with zero attached hydrogens (tertiary/aromatic N) is 2. The Labute approximate surface area is 116 Å². The van der Waals surface area contributed by atoms with Crippen LogP contribution in [0.25, 0.3) is 0 Å². The van der Waals surface area contributed by atoms with Crippen LogP contribution in [0.15, 0.2) is 29.3 Å². The molecule has 0 saturated carbocycles. The van der Waals surface area contributed by atoms with Gasteiger partial charge in [-0.3, -0.25) is 4.99 Å². The summed E-state index contributed by atoms with van der Waals surface area (Å²) in [6.07, 6.45) is -4.36. The summed E-state index contributed by atoms with van der Waals surface area (Å²) in [5, 5.41) is 0. The van der Waals surface area contributed by atoms with Gasteiger partial charge in [-0.25, -0.2) is 0 Å². The molecule has 2 rings (SSSR count). The van der Waals surface area contributed by atoms with E-state index in [-0.39, 0.29) is 12.1 Å². The summed E-state index contributed by atoms with van der Waals surface area (Å²) in [7, 11) is 0. The lowest BCUT2D eigenvalue weighted by molar-refractivity contribution is -0.138. The van der Waals surface area contributed by atoms with Crippen LogP contribution in [0.4, 0.5) is 13.2 Å². The molecule has 1 aliphatic heterocycles. The summed E-state index contributed by atoms with van der Waals surface area (Å²) < 4.78 is 39.3. The maximum atomic E-state index is 13.1. The van der Waals surface area contributed by atoms with Crippen LogP contribution in [-0.4, -0.2) is 23.9 Å². The highest BCUT2D eigenvalue weighted by atomic mass is 19.4. The minimum Gasteiger partial charge on any atom is -0.370 e. The van der Waals surface area contributed by atoms with E-state index in [9.17, 15) is 13.2 Å². The fraction of sp³-hybridized carbons (Fsp3) is 0.500. The lowest BCUT2D eigenvalue weighted by atomic mass is 9.98. The number of guanidine groups is 1. The third-order valence-corrected chi connectivity index (χ3v) is 3.28. The molecule has 0 amide bonds. The van der Waals surface area contributed by atoms with Gasteiger partial charge in [-0.1, -0.05) is 32.0 Å². The molecular formula is C14H18F3N3. The molecule has 0 aliphatic carbocycles. The molecule has 6 heteroatoms. The second kappa shape index (κ2) is 5.34. The number of alkyl halides is 3. The average molecular weight is 285 g/mol. The first kappa shape index (κ1) is 14.7. The van der Waals surface area contributed by atoms with E-state index in [1.54, 1.807) is 11.0 Å². The number of hydrogen-bond donors (Lipinski definition) is 1. The molecule has 0 radical (unpaired) electrons. The minimum absolute atomic E-state index is 0.241. The molecule has 0 saturated heterocycles. The molecule has 1 atom stereocenters. The van der Waals surface area contributed by atoms with Crippen molar-refractivity contribution in [1.82, 2.24) is 4.90 Å². The molecule has 0 aromatic heterocycles. The Kier molecular flexibility index (Phi) is 3.92. The summed E-state index contributed by atoms with van der Waals surface area (Å²) in [6, 6.07) is 5.20. The van der Waals surface area contributed by atoms with Gasteiger partial charge in [0, 0.05) is 6.54 Å². The zero-order valence-corrected chi connectivity index (χ0v) is 11.5. The van der Waals surface area contributed by atoms with Crippen molar-refractivity contribution in [2.24, 2.45) is 16.6 Å². The van der Waals surface area contributed by atoms with Crippen molar-refractivity contribution in [2.45, 2.75) is 26.1 Å². The molecule has 1 aliphatic rings. The maximum absolute atomic E-state index is 13.1. The predicted octanol–water partition coefficient (Wildman–Crippen LogP) is 3.03. The van der Waals surface area contributed by atoms with Crippen LogP contribution in [0.1, 0.15) is 31.0 Å². The molecule has 1 heterocycles. The van der Waals surface area contributed by atoms with E-state index in [1.165, 1.54) is 12.1 Å². The summed E-state index contributed by atoms with van der Waals surface area (Å²) >= 11 is 0. The molecule has 0 spiro atoms. The molecule has 2 N–H and O–H groups in total. The Morgan fingerprint density at radius 3 is 2.60 bits per heavy atom.